The maximum absolute atomic E-state index is 11.1. The first-order chi connectivity index (χ1) is 8.49. The van der Waals surface area contributed by atoms with E-state index in [1.807, 2.05) is 13.8 Å². The van der Waals surface area contributed by atoms with Crippen LogP contribution in [0.1, 0.15) is 26.7 Å². The molecule has 0 aliphatic heterocycles. The van der Waals surface area contributed by atoms with Gasteiger partial charge in [0.1, 0.15) is 31.5 Å². The van der Waals surface area contributed by atoms with Crippen molar-refractivity contribution in [1.82, 2.24) is 0 Å². The van der Waals surface area contributed by atoms with Gasteiger partial charge in [-0.1, -0.05) is 25.7 Å². The summed E-state index contributed by atoms with van der Waals surface area (Å²) >= 11 is 10.6. The number of ether oxygens (including phenoxy) is 2. The van der Waals surface area contributed by atoms with Crippen molar-refractivity contribution in [3.63, 3.8) is 0 Å². The Kier molecular flexibility index (Phi) is 10.1. The van der Waals surface area contributed by atoms with Gasteiger partial charge in [-0.05, 0) is 22.5 Å². The molecule has 0 heterocycles. The second-order valence-corrected chi connectivity index (χ2v) is 7.26. The fourth-order valence-electron chi connectivity index (χ4n) is 0.798. The molecule has 7 heteroatoms. The molecule has 0 amide bonds. The molecule has 0 saturated heterocycles. The molecule has 102 valence electrons. The molecule has 0 radical (unpaired) electrons. The van der Waals surface area contributed by atoms with E-state index in [1.54, 1.807) is 0 Å². The van der Waals surface area contributed by atoms with E-state index < -0.39 is 12.2 Å². The Hall–Kier alpha value is -0.510. The summed E-state index contributed by atoms with van der Waals surface area (Å²) < 4.78 is 26.0. The summed E-state index contributed by atoms with van der Waals surface area (Å²) in [4.78, 5) is 0. The average Bonchev–Trinajstić information content (AvgIpc) is 2.28. The third-order valence-corrected chi connectivity index (χ3v) is 2.47. The van der Waals surface area contributed by atoms with Crippen molar-refractivity contribution in [2.24, 2.45) is 0 Å². The largest absolute Gasteiger partial charge is 0.444 e. The maximum Gasteiger partial charge on any atom is 0.380 e. The van der Waals surface area contributed by atoms with Crippen molar-refractivity contribution in [3.8, 4) is 24.1 Å². The molecule has 0 atom stereocenters. The molecule has 0 aromatic heterocycles. The van der Waals surface area contributed by atoms with Crippen LogP contribution in [0, 0.1) is 24.1 Å². The number of rotatable bonds is 6. The minimum absolute atomic E-state index is 0.0459. The van der Waals surface area contributed by atoms with Gasteiger partial charge in [-0.2, -0.15) is 0 Å². The first-order valence-electron chi connectivity index (χ1n) is 5.36. The van der Waals surface area contributed by atoms with Crippen molar-refractivity contribution < 1.29 is 18.6 Å². The predicted molar refractivity (Wildman–Crippen MR) is 72.2 cm³/mol. The van der Waals surface area contributed by atoms with Crippen LogP contribution in [0.2, 0.25) is 0 Å². The van der Waals surface area contributed by atoms with E-state index in [0.717, 1.165) is 0 Å². The Morgan fingerprint density at radius 2 is 1.50 bits per heavy atom. The normalized spacial score (nSPS) is 10.1. The first-order valence-corrected chi connectivity index (χ1v) is 8.80. The van der Waals surface area contributed by atoms with Gasteiger partial charge >= 0.3 is 6.07 Å². The second-order valence-electron chi connectivity index (χ2n) is 3.03. The zero-order valence-corrected chi connectivity index (χ0v) is 12.6. The van der Waals surface area contributed by atoms with Crippen LogP contribution >= 0.6 is 28.6 Å². The van der Waals surface area contributed by atoms with Crippen molar-refractivity contribution >= 4 is 28.6 Å². The molecule has 0 aliphatic carbocycles. The van der Waals surface area contributed by atoms with Crippen LogP contribution in [0.3, 0.4) is 0 Å². The highest BCUT2D eigenvalue weighted by molar-refractivity contribution is 8.05. The SMILES string of the molecule is CCC#COCC(COC#CCC)OP(=O)(Cl)Cl. The Balaban J connectivity index is 4.20. The lowest BCUT2D eigenvalue weighted by molar-refractivity contribution is 0.0673. The molecule has 0 rings (SSSR count). The van der Waals surface area contributed by atoms with Gasteiger partial charge in [0.25, 0.3) is 0 Å². The molecule has 0 unspecified atom stereocenters. The quantitative estimate of drug-likeness (QED) is 0.553. The van der Waals surface area contributed by atoms with E-state index in [1.165, 1.54) is 0 Å². The van der Waals surface area contributed by atoms with Gasteiger partial charge in [0, 0.05) is 12.8 Å². The third-order valence-electron chi connectivity index (χ3n) is 1.45. The Labute approximate surface area is 117 Å². The Morgan fingerprint density at radius 3 is 1.83 bits per heavy atom. The summed E-state index contributed by atoms with van der Waals surface area (Å²) in [5, 5.41) is 0. The van der Waals surface area contributed by atoms with Crippen LogP contribution in [0.25, 0.3) is 0 Å². The van der Waals surface area contributed by atoms with Crippen LogP contribution in [-0.2, 0) is 18.6 Å². The standard InChI is InChI=1S/C11H15Cl2O4P/c1-3-5-7-15-9-11(17-18(12,13)14)10-16-8-6-4-2/h11H,3-4,9-10H2,1-2H3. The molecule has 0 saturated carbocycles. The number of halogens is 2. The summed E-state index contributed by atoms with van der Waals surface area (Å²) in [5.41, 5.74) is 0. The molecular weight excluding hydrogens is 298 g/mol. The van der Waals surface area contributed by atoms with Gasteiger partial charge in [-0.3, -0.25) is 9.09 Å². The Bertz CT molecular complexity index is 359. The fourth-order valence-corrected chi connectivity index (χ4v) is 1.94. The van der Waals surface area contributed by atoms with Gasteiger partial charge in [-0.25, -0.2) is 0 Å². The van der Waals surface area contributed by atoms with Crippen LogP contribution in [0.15, 0.2) is 0 Å². The minimum atomic E-state index is -3.64. The van der Waals surface area contributed by atoms with Crippen molar-refractivity contribution in [3.05, 3.63) is 0 Å². The van der Waals surface area contributed by atoms with Gasteiger partial charge in [-0.15, -0.1) is 0 Å². The van der Waals surface area contributed by atoms with E-state index in [2.05, 4.69) is 24.1 Å². The molecule has 0 bridgehead atoms. The van der Waals surface area contributed by atoms with E-state index in [-0.39, 0.29) is 13.2 Å². The maximum atomic E-state index is 11.1. The topological polar surface area (TPSA) is 44.8 Å². The third kappa shape index (κ3) is 12.0. The second kappa shape index (κ2) is 10.4. The summed E-state index contributed by atoms with van der Waals surface area (Å²) in [6.45, 7) is 3.87. The highest BCUT2D eigenvalue weighted by Gasteiger charge is 2.23. The van der Waals surface area contributed by atoms with Crippen LogP contribution in [-0.4, -0.2) is 19.3 Å². The van der Waals surface area contributed by atoms with Crippen molar-refractivity contribution in [2.75, 3.05) is 13.2 Å². The molecular formula is C11H15Cl2O4P. The number of hydrogen-bond acceptors (Lipinski definition) is 4. The average molecular weight is 313 g/mol. The number of hydrogen-bond donors (Lipinski definition) is 0. The van der Waals surface area contributed by atoms with E-state index in [0.29, 0.717) is 12.8 Å². The molecule has 0 spiro atoms. The zero-order valence-electron chi connectivity index (χ0n) is 10.2. The van der Waals surface area contributed by atoms with Crippen molar-refractivity contribution in [1.29, 1.82) is 0 Å². The minimum Gasteiger partial charge on any atom is -0.444 e. The molecule has 0 N–H and O–H groups in total. The lowest BCUT2D eigenvalue weighted by Crippen LogP contribution is -2.22. The summed E-state index contributed by atoms with van der Waals surface area (Å²) in [6.07, 6.45) is 1.92. The zero-order chi connectivity index (χ0) is 13.9. The highest BCUT2D eigenvalue weighted by atomic mass is 35.9. The molecule has 0 aromatic rings. The summed E-state index contributed by atoms with van der Waals surface area (Å²) in [5.74, 6) is 5.42. The van der Waals surface area contributed by atoms with Crippen LogP contribution in [0.5, 0.6) is 0 Å². The summed E-state index contributed by atoms with van der Waals surface area (Å²) in [6, 6.07) is 0. The van der Waals surface area contributed by atoms with Gasteiger partial charge in [0.2, 0.25) is 0 Å². The molecule has 0 aliphatic rings. The monoisotopic (exact) mass is 312 g/mol. The fraction of sp³-hybridized carbons (Fsp3) is 0.636. The summed E-state index contributed by atoms with van der Waals surface area (Å²) in [7, 11) is 0. The van der Waals surface area contributed by atoms with Gasteiger partial charge in [0.15, 0.2) is 0 Å². The molecule has 18 heavy (non-hydrogen) atoms. The van der Waals surface area contributed by atoms with Crippen molar-refractivity contribution in [2.45, 2.75) is 32.8 Å². The predicted octanol–water partition coefficient (Wildman–Crippen LogP) is 3.73. The van der Waals surface area contributed by atoms with Crippen LogP contribution < -0.4 is 0 Å². The van der Waals surface area contributed by atoms with Gasteiger partial charge < -0.3 is 9.47 Å². The van der Waals surface area contributed by atoms with Crippen LogP contribution in [0.4, 0.5) is 0 Å². The molecule has 0 aromatic carbocycles. The van der Waals surface area contributed by atoms with E-state index in [4.69, 9.17) is 36.5 Å². The lowest BCUT2D eigenvalue weighted by atomic mass is 10.4. The molecule has 0 fully saturated rings. The highest BCUT2D eigenvalue weighted by Crippen LogP contribution is 2.58. The smallest absolute Gasteiger partial charge is 0.380 e. The van der Waals surface area contributed by atoms with E-state index >= 15 is 0 Å². The lowest BCUT2D eigenvalue weighted by Gasteiger charge is -2.15. The van der Waals surface area contributed by atoms with Gasteiger partial charge in [0.05, 0.1) is 0 Å². The Morgan fingerprint density at radius 1 is 1.06 bits per heavy atom. The molecule has 4 nitrogen and oxygen atoms in total. The first kappa shape index (κ1) is 17.5. The van der Waals surface area contributed by atoms with E-state index in [9.17, 15) is 4.57 Å².